The van der Waals surface area contributed by atoms with Crippen molar-refractivity contribution >= 4 is 15.2 Å². The quantitative estimate of drug-likeness (QED) is 0.247. The molecule has 0 aliphatic carbocycles. The minimum atomic E-state index is -4.74. The molecule has 0 aromatic heterocycles. The fraction of sp³-hybridized carbons (Fsp3) is 0.647. The number of rotatable bonds is 6. The van der Waals surface area contributed by atoms with Gasteiger partial charge in [-0.15, -0.1) is 0 Å². The van der Waals surface area contributed by atoms with E-state index in [-0.39, 0.29) is 62.5 Å². The summed E-state index contributed by atoms with van der Waals surface area (Å²) in [6.45, 7) is 26.8. The third-order valence-corrected chi connectivity index (χ3v) is 10.7. The van der Waals surface area contributed by atoms with Crippen LogP contribution in [-0.2, 0) is 47.3 Å². The fourth-order valence-corrected chi connectivity index (χ4v) is 7.19. The number of hydrogen-bond donors (Lipinski definition) is 2. The Labute approximate surface area is 281 Å². The molecule has 2 unspecified atom stereocenters. The van der Waals surface area contributed by atoms with Crippen molar-refractivity contribution < 1.29 is 55.4 Å². The first-order valence-corrected chi connectivity index (χ1v) is 18.4. The van der Waals surface area contributed by atoms with Crippen molar-refractivity contribution in [3.63, 3.8) is 0 Å². The molecule has 258 valence electrons. The second kappa shape index (κ2) is 14.9. The molecule has 11 heteroatoms. The Morgan fingerprint density at radius 3 is 0.822 bits per heavy atom. The Bertz CT molecular complexity index is 1220. The van der Waals surface area contributed by atoms with Gasteiger partial charge in [0.2, 0.25) is 0 Å². The van der Waals surface area contributed by atoms with E-state index < -0.39 is 26.5 Å². The maximum absolute atomic E-state index is 11.6. The number of aromatic hydroxyl groups is 2. The SMILES string of the molecule is CCC(c1cc(C(C)(C)C)c(O)c(C(C)(C)C)c1)P(=O)([O-])[O-].CCC(c1cc(C(C)(C)C)c(O)c(C(C)(C)C)c1)P(=O)([O-])[O-].[Ni+4]. The molecule has 0 fully saturated rings. The second-order valence-electron chi connectivity index (χ2n) is 15.9. The number of phenols is 2. The van der Waals surface area contributed by atoms with Gasteiger partial charge >= 0.3 is 16.5 Å². The fourth-order valence-electron chi connectivity index (χ4n) is 5.27. The first-order chi connectivity index (χ1) is 19.4. The first-order valence-electron chi connectivity index (χ1n) is 15.2. The van der Waals surface area contributed by atoms with Crippen LogP contribution in [0.4, 0.5) is 0 Å². The average molecular weight is 711 g/mol. The van der Waals surface area contributed by atoms with Gasteiger partial charge in [0.25, 0.3) is 0 Å². The Hall–Kier alpha value is -1.17. The van der Waals surface area contributed by atoms with E-state index in [0.29, 0.717) is 33.4 Å². The summed E-state index contributed by atoms with van der Waals surface area (Å²) in [7, 11) is -9.48. The van der Waals surface area contributed by atoms with Gasteiger partial charge in [-0.25, -0.2) is 0 Å². The second-order valence-corrected chi connectivity index (χ2v) is 19.3. The van der Waals surface area contributed by atoms with Crippen molar-refractivity contribution in [3.8, 4) is 11.5 Å². The molecular weight excluding hydrogens is 657 g/mol. The molecule has 0 aliphatic heterocycles. The Balaban J connectivity index is 0.000000842. The summed E-state index contributed by atoms with van der Waals surface area (Å²) < 4.78 is 23.2. The largest absolute Gasteiger partial charge is 4.00 e. The Morgan fingerprint density at radius 2 is 0.711 bits per heavy atom. The summed E-state index contributed by atoms with van der Waals surface area (Å²) in [5.41, 5.74) is 0.0924. The van der Waals surface area contributed by atoms with Crippen LogP contribution in [0.1, 0.15) is 154 Å². The minimum Gasteiger partial charge on any atom is -0.810 e. The van der Waals surface area contributed by atoms with E-state index in [1.54, 1.807) is 38.1 Å². The molecule has 0 heterocycles. The number of hydrogen-bond acceptors (Lipinski definition) is 8. The van der Waals surface area contributed by atoms with Gasteiger partial charge in [0, 0.05) is 11.3 Å². The molecule has 0 aliphatic rings. The van der Waals surface area contributed by atoms with Crippen molar-refractivity contribution in [2.45, 2.75) is 143 Å². The third-order valence-electron chi connectivity index (χ3n) is 7.80. The van der Waals surface area contributed by atoms with Gasteiger partial charge in [0.15, 0.2) is 0 Å². The maximum Gasteiger partial charge on any atom is 4.00 e. The predicted molar refractivity (Wildman–Crippen MR) is 172 cm³/mol. The molecule has 2 aromatic carbocycles. The van der Waals surface area contributed by atoms with Gasteiger partial charge in [0.05, 0.1) is 0 Å². The topological polar surface area (TPSA) is 167 Å². The maximum atomic E-state index is 11.6. The van der Waals surface area contributed by atoms with Crippen LogP contribution < -0.4 is 19.6 Å². The van der Waals surface area contributed by atoms with E-state index in [1.807, 2.05) is 83.1 Å². The molecule has 0 saturated heterocycles. The van der Waals surface area contributed by atoms with Crippen LogP contribution in [0.5, 0.6) is 11.5 Å². The molecule has 0 radical (unpaired) electrons. The van der Waals surface area contributed by atoms with E-state index in [4.69, 9.17) is 0 Å². The van der Waals surface area contributed by atoms with Crippen molar-refractivity contribution in [3.05, 3.63) is 57.6 Å². The summed E-state index contributed by atoms with van der Waals surface area (Å²) >= 11 is 0. The van der Waals surface area contributed by atoms with Gasteiger partial charge in [-0.3, -0.25) is 0 Å². The van der Waals surface area contributed by atoms with Gasteiger partial charge in [-0.1, -0.05) is 136 Å². The standard InChI is InChI=1S/2C17H29O4P.Ni/c2*1-8-14(22(19,20)21)11-9-12(16(2,3)4)15(18)13(10-11)17(5,6)7;/h2*9-10,14,18H,8H2,1-7H3,(H2,19,20,21);/q;;+4/p-4. The van der Waals surface area contributed by atoms with Crippen LogP contribution in [0.25, 0.3) is 0 Å². The third kappa shape index (κ3) is 11.5. The predicted octanol–water partition coefficient (Wildman–Crippen LogP) is 6.70. The van der Waals surface area contributed by atoms with Crippen molar-refractivity contribution in [1.82, 2.24) is 0 Å². The molecule has 2 aromatic rings. The molecule has 0 bridgehead atoms. The van der Waals surface area contributed by atoms with Crippen LogP contribution >= 0.6 is 15.2 Å². The van der Waals surface area contributed by atoms with E-state index in [1.165, 1.54) is 0 Å². The van der Waals surface area contributed by atoms with Crippen LogP contribution in [0.15, 0.2) is 24.3 Å². The smallest absolute Gasteiger partial charge is 0.810 e. The molecule has 0 saturated carbocycles. The van der Waals surface area contributed by atoms with Crippen molar-refractivity contribution in [2.24, 2.45) is 0 Å². The molecular formula is C34H54NiO8P2. The Kier molecular flexibility index (Phi) is 14.6. The van der Waals surface area contributed by atoms with Crippen molar-refractivity contribution in [1.29, 1.82) is 0 Å². The van der Waals surface area contributed by atoms with E-state index in [9.17, 15) is 38.9 Å². The zero-order chi connectivity index (χ0) is 35.0. The molecule has 0 amide bonds. The molecule has 2 rings (SSSR count). The van der Waals surface area contributed by atoms with Gasteiger partial charge in [-0.2, -0.15) is 0 Å². The van der Waals surface area contributed by atoms with E-state index in [0.717, 1.165) is 0 Å². The summed E-state index contributed by atoms with van der Waals surface area (Å²) in [6, 6.07) is 6.67. The van der Waals surface area contributed by atoms with Gasteiger partial charge < -0.3 is 38.9 Å². The normalized spacial score (nSPS) is 14.6. The number of benzene rings is 2. The van der Waals surface area contributed by atoms with E-state index >= 15 is 0 Å². The zero-order valence-electron chi connectivity index (χ0n) is 29.4. The first kappa shape index (κ1) is 43.8. The Morgan fingerprint density at radius 1 is 0.533 bits per heavy atom. The monoisotopic (exact) mass is 710 g/mol. The van der Waals surface area contributed by atoms with Crippen LogP contribution in [0, 0.1) is 0 Å². The molecule has 45 heavy (non-hydrogen) atoms. The molecule has 2 atom stereocenters. The zero-order valence-corrected chi connectivity index (χ0v) is 32.2. The van der Waals surface area contributed by atoms with Crippen molar-refractivity contribution in [2.75, 3.05) is 0 Å². The minimum absolute atomic E-state index is 0. The number of phenolic OH excluding ortho intramolecular Hbond substituents is 2. The average Bonchev–Trinajstić information content (AvgIpc) is 2.77. The van der Waals surface area contributed by atoms with Crippen LogP contribution in [0.2, 0.25) is 0 Å². The molecule has 2 N–H and O–H groups in total. The van der Waals surface area contributed by atoms with Gasteiger partial charge in [0.1, 0.15) is 11.5 Å². The van der Waals surface area contributed by atoms with Crippen LogP contribution in [0.3, 0.4) is 0 Å². The molecule has 0 spiro atoms. The van der Waals surface area contributed by atoms with Gasteiger partial charge in [-0.05, 0) is 67.9 Å². The summed E-state index contributed by atoms with van der Waals surface area (Å²) in [5.74, 6) is 0.371. The summed E-state index contributed by atoms with van der Waals surface area (Å²) in [5, 5.41) is 21.2. The van der Waals surface area contributed by atoms with Crippen LogP contribution in [-0.4, -0.2) is 10.2 Å². The summed E-state index contributed by atoms with van der Waals surface area (Å²) in [4.78, 5) is 46.3. The summed E-state index contributed by atoms with van der Waals surface area (Å²) in [6.07, 6.45) is 0.449. The molecule has 8 nitrogen and oxygen atoms in total. The van der Waals surface area contributed by atoms with E-state index in [2.05, 4.69) is 0 Å².